The van der Waals surface area contributed by atoms with Crippen LogP contribution in [0.1, 0.15) is 13.3 Å². The maximum absolute atomic E-state index is 11.6. The molecule has 0 aliphatic carbocycles. The molecule has 1 unspecified atom stereocenters. The lowest BCUT2D eigenvalue weighted by atomic mass is 10.1. The highest BCUT2D eigenvalue weighted by molar-refractivity contribution is 6.35. The lowest BCUT2D eigenvalue weighted by Crippen LogP contribution is -2.29. The predicted molar refractivity (Wildman–Crippen MR) is 76.5 cm³/mol. The van der Waals surface area contributed by atoms with E-state index in [9.17, 15) is 4.79 Å². The van der Waals surface area contributed by atoms with Gasteiger partial charge in [0.2, 0.25) is 0 Å². The van der Waals surface area contributed by atoms with Crippen LogP contribution in [0.5, 0.6) is 0 Å². The maximum atomic E-state index is 11.6. The first-order valence-corrected chi connectivity index (χ1v) is 6.42. The van der Waals surface area contributed by atoms with Crippen LogP contribution in [0, 0.1) is 0 Å². The van der Waals surface area contributed by atoms with Crippen molar-refractivity contribution < 1.29 is 9.53 Å². The number of nitrogens with one attached hydrogen (secondary N) is 1. The molecular weight excluding hydrogens is 264 g/mol. The number of ether oxygens (including phenoxy) is 1. The van der Waals surface area contributed by atoms with E-state index in [0.29, 0.717) is 17.0 Å². The summed E-state index contributed by atoms with van der Waals surface area (Å²) in [5.74, 6) is -0.283. The third-order valence-electron chi connectivity index (χ3n) is 2.94. The second-order valence-electron chi connectivity index (χ2n) is 4.12. The fraction of sp³-hybridized carbons (Fsp3) is 0.286. The van der Waals surface area contributed by atoms with Crippen LogP contribution in [0.15, 0.2) is 30.5 Å². The second kappa shape index (κ2) is 5.89. The number of aromatic nitrogens is 1. The number of nitrogens with zero attached hydrogens (tertiary/aromatic N) is 1. The van der Waals surface area contributed by atoms with Crippen LogP contribution in [0.3, 0.4) is 0 Å². The van der Waals surface area contributed by atoms with Gasteiger partial charge in [-0.05, 0) is 30.7 Å². The number of hydrogen-bond donors (Lipinski definition) is 1. The van der Waals surface area contributed by atoms with Crippen molar-refractivity contribution in [1.82, 2.24) is 4.98 Å². The molecule has 0 bridgehead atoms. The zero-order valence-electron chi connectivity index (χ0n) is 10.8. The van der Waals surface area contributed by atoms with Gasteiger partial charge in [-0.25, -0.2) is 4.79 Å². The molecule has 0 saturated carbocycles. The normalized spacial score (nSPS) is 12.2. The van der Waals surface area contributed by atoms with Gasteiger partial charge in [0.15, 0.2) is 0 Å². The molecule has 0 amide bonds. The number of pyridine rings is 1. The highest BCUT2D eigenvalue weighted by Crippen LogP contribution is 2.28. The Morgan fingerprint density at radius 3 is 2.95 bits per heavy atom. The van der Waals surface area contributed by atoms with Crippen molar-refractivity contribution in [2.45, 2.75) is 19.4 Å². The molecule has 1 aromatic carbocycles. The number of anilines is 1. The molecule has 0 spiro atoms. The maximum Gasteiger partial charge on any atom is 0.328 e. The Bertz CT molecular complexity index is 601. The third-order valence-corrected chi connectivity index (χ3v) is 3.25. The Morgan fingerprint density at radius 1 is 1.47 bits per heavy atom. The van der Waals surface area contributed by atoms with Crippen molar-refractivity contribution in [3.05, 3.63) is 35.5 Å². The van der Waals surface area contributed by atoms with E-state index < -0.39 is 0 Å². The molecule has 0 fully saturated rings. The van der Waals surface area contributed by atoms with Gasteiger partial charge in [0.05, 0.1) is 17.6 Å². The van der Waals surface area contributed by atoms with Crippen molar-refractivity contribution in [1.29, 1.82) is 0 Å². The highest BCUT2D eigenvalue weighted by atomic mass is 35.5. The Hall–Kier alpha value is -1.81. The van der Waals surface area contributed by atoms with Gasteiger partial charge in [-0.2, -0.15) is 0 Å². The molecule has 100 valence electrons. The van der Waals surface area contributed by atoms with E-state index in [-0.39, 0.29) is 12.0 Å². The Kier molecular flexibility index (Phi) is 4.22. The number of carbonyl (C=O) groups is 1. The summed E-state index contributed by atoms with van der Waals surface area (Å²) in [7, 11) is 1.38. The van der Waals surface area contributed by atoms with E-state index in [1.165, 1.54) is 7.11 Å². The quantitative estimate of drug-likeness (QED) is 0.872. The average Bonchev–Trinajstić information content (AvgIpc) is 2.46. The Balaban J connectivity index is 2.40. The minimum absolute atomic E-state index is 0.283. The molecule has 2 aromatic rings. The number of esters is 1. The number of methoxy groups -OCH3 is 1. The van der Waals surface area contributed by atoms with Crippen molar-refractivity contribution in [3.8, 4) is 0 Å². The van der Waals surface area contributed by atoms with Gasteiger partial charge in [0, 0.05) is 17.3 Å². The van der Waals surface area contributed by atoms with Gasteiger partial charge in [0.25, 0.3) is 0 Å². The molecule has 2 rings (SSSR count). The molecule has 0 aliphatic heterocycles. The van der Waals surface area contributed by atoms with Gasteiger partial charge in [0.1, 0.15) is 6.04 Å². The zero-order valence-corrected chi connectivity index (χ0v) is 11.6. The summed E-state index contributed by atoms with van der Waals surface area (Å²) >= 11 is 6.11. The van der Waals surface area contributed by atoms with Crippen LogP contribution in [0.25, 0.3) is 10.9 Å². The first-order valence-electron chi connectivity index (χ1n) is 6.05. The largest absolute Gasteiger partial charge is 0.467 e. The summed E-state index contributed by atoms with van der Waals surface area (Å²) < 4.78 is 4.77. The number of carbonyl (C=O) groups excluding carboxylic acids is 1. The molecule has 0 saturated heterocycles. The van der Waals surface area contributed by atoms with Crippen LogP contribution >= 0.6 is 11.6 Å². The van der Waals surface area contributed by atoms with Crippen LogP contribution in [0.4, 0.5) is 5.69 Å². The van der Waals surface area contributed by atoms with Crippen LogP contribution < -0.4 is 5.32 Å². The van der Waals surface area contributed by atoms with Gasteiger partial charge in [-0.3, -0.25) is 4.98 Å². The van der Waals surface area contributed by atoms with E-state index in [2.05, 4.69) is 10.3 Å². The van der Waals surface area contributed by atoms with E-state index in [4.69, 9.17) is 16.3 Å². The molecule has 1 N–H and O–H groups in total. The average molecular weight is 279 g/mol. The minimum Gasteiger partial charge on any atom is -0.467 e. The summed E-state index contributed by atoms with van der Waals surface area (Å²) in [4.78, 5) is 15.9. The molecule has 0 radical (unpaired) electrons. The summed E-state index contributed by atoms with van der Waals surface area (Å²) in [6.45, 7) is 1.92. The van der Waals surface area contributed by atoms with Crippen LogP contribution in [-0.2, 0) is 9.53 Å². The second-order valence-corrected chi connectivity index (χ2v) is 4.53. The minimum atomic E-state index is -0.380. The highest BCUT2D eigenvalue weighted by Gasteiger charge is 2.17. The molecule has 1 aromatic heterocycles. The first kappa shape index (κ1) is 13.6. The van der Waals surface area contributed by atoms with Crippen LogP contribution in [-0.4, -0.2) is 24.1 Å². The predicted octanol–water partition coefficient (Wildman–Crippen LogP) is 3.25. The standard InChI is InChI=1S/C14H15ClN2O2/c1-3-11(14(18)19-2)17-12-7-6-10(15)13-9(12)5-4-8-16-13/h4-8,11,17H,3H2,1-2H3. The lowest BCUT2D eigenvalue weighted by Gasteiger charge is -2.17. The Morgan fingerprint density at radius 2 is 2.26 bits per heavy atom. The zero-order chi connectivity index (χ0) is 13.8. The smallest absolute Gasteiger partial charge is 0.328 e. The number of fused-ring (bicyclic) bond motifs is 1. The molecular formula is C14H15ClN2O2. The number of rotatable bonds is 4. The molecule has 1 heterocycles. The molecule has 0 aliphatic rings. The van der Waals surface area contributed by atoms with E-state index in [1.54, 1.807) is 12.3 Å². The molecule has 4 nitrogen and oxygen atoms in total. The molecule has 19 heavy (non-hydrogen) atoms. The van der Waals surface area contributed by atoms with Crippen molar-refractivity contribution >= 4 is 34.2 Å². The summed E-state index contributed by atoms with van der Waals surface area (Å²) in [6.07, 6.45) is 2.33. The number of hydrogen-bond acceptors (Lipinski definition) is 4. The monoisotopic (exact) mass is 278 g/mol. The summed E-state index contributed by atoms with van der Waals surface area (Å²) in [5, 5.41) is 4.65. The van der Waals surface area contributed by atoms with Gasteiger partial charge in [-0.1, -0.05) is 18.5 Å². The first-order chi connectivity index (χ1) is 9.17. The SMILES string of the molecule is CCC(Nc1ccc(Cl)c2ncccc12)C(=O)OC. The Labute approximate surface area is 116 Å². The van der Waals surface area contributed by atoms with Crippen molar-refractivity contribution in [2.75, 3.05) is 12.4 Å². The summed E-state index contributed by atoms with van der Waals surface area (Å²) in [6, 6.07) is 6.99. The van der Waals surface area contributed by atoms with Gasteiger partial charge in [-0.15, -0.1) is 0 Å². The molecule has 5 heteroatoms. The van der Waals surface area contributed by atoms with E-state index >= 15 is 0 Å². The van der Waals surface area contributed by atoms with Crippen molar-refractivity contribution in [3.63, 3.8) is 0 Å². The van der Waals surface area contributed by atoms with Gasteiger partial charge >= 0.3 is 5.97 Å². The van der Waals surface area contributed by atoms with Gasteiger partial charge < -0.3 is 10.1 Å². The number of benzene rings is 1. The number of halogens is 1. The van der Waals surface area contributed by atoms with E-state index in [1.807, 2.05) is 25.1 Å². The van der Waals surface area contributed by atoms with E-state index in [0.717, 1.165) is 11.1 Å². The lowest BCUT2D eigenvalue weighted by molar-refractivity contribution is -0.141. The topological polar surface area (TPSA) is 51.2 Å². The fourth-order valence-corrected chi connectivity index (χ4v) is 2.14. The van der Waals surface area contributed by atoms with Crippen molar-refractivity contribution in [2.24, 2.45) is 0 Å². The third kappa shape index (κ3) is 2.79. The van der Waals surface area contributed by atoms with Crippen LogP contribution in [0.2, 0.25) is 5.02 Å². The fourth-order valence-electron chi connectivity index (χ4n) is 1.92. The summed E-state index contributed by atoms with van der Waals surface area (Å²) in [5.41, 5.74) is 1.54. The molecule has 1 atom stereocenters.